The Morgan fingerprint density at radius 2 is 2.04 bits per heavy atom. The van der Waals surface area contributed by atoms with Crippen LogP contribution in [-0.2, 0) is 10.0 Å². The van der Waals surface area contributed by atoms with Crippen molar-refractivity contribution in [2.45, 2.75) is 50.0 Å². The minimum Gasteiger partial charge on any atom is -0.352 e. The number of sulfonamides is 1. The normalized spacial score (nSPS) is 18.6. The lowest BCUT2D eigenvalue weighted by atomic mass is 10.0. The molecule has 1 fully saturated rings. The molecule has 1 amide bonds. The molecule has 8 heteroatoms. The number of nitrogens with one attached hydrogen (secondary N) is 1. The molecule has 152 valence electrons. The molecule has 0 aromatic heterocycles. The first kappa shape index (κ1) is 22.1. The highest BCUT2D eigenvalue weighted by Gasteiger charge is 2.21. The van der Waals surface area contributed by atoms with Gasteiger partial charge in [0.05, 0.1) is 15.5 Å². The van der Waals surface area contributed by atoms with Crippen molar-refractivity contribution in [2.75, 3.05) is 33.7 Å². The van der Waals surface area contributed by atoms with Crippen LogP contribution >= 0.6 is 11.6 Å². The molecule has 1 saturated heterocycles. The molecule has 0 bridgehead atoms. The summed E-state index contributed by atoms with van der Waals surface area (Å²) in [5.74, 6) is -0.345. The van der Waals surface area contributed by atoms with Gasteiger partial charge in [-0.1, -0.05) is 18.0 Å². The summed E-state index contributed by atoms with van der Waals surface area (Å²) in [7, 11) is -0.705. The molecule has 1 N–H and O–H groups in total. The van der Waals surface area contributed by atoms with Crippen molar-refractivity contribution in [3.63, 3.8) is 0 Å². The number of halogens is 1. The molecule has 1 unspecified atom stereocenters. The lowest BCUT2D eigenvalue weighted by Gasteiger charge is -2.33. The van der Waals surface area contributed by atoms with Crippen LogP contribution < -0.4 is 5.32 Å². The van der Waals surface area contributed by atoms with Crippen LogP contribution in [0.25, 0.3) is 0 Å². The van der Waals surface area contributed by atoms with Crippen LogP contribution in [0.4, 0.5) is 0 Å². The zero-order valence-corrected chi connectivity index (χ0v) is 17.9. The SMILES string of the molecule is CC1CCCCN1CCCCNC(=O)c1cc(S(=O)(=O)N(C)C)ccc1Cl. The average molecular weight is 416 g/mol. The van der Waals surface area contributed by atoms with E-state index in [9.17, 15) is 13.2 Å². The third-order valence-corrected chi connectivity index (χ3v) is 7.20. The van der Waals surface area contributed by atoms with Crippen LogP contribution in [-0.4, -0.2) is 63.3 Å². The van der Waals surface area contributed by atoms with E-state index in [2.05, 4.69) is 17.1 Å². The minimum atomic E-state index is -3.61. The van der Waals surface area contributed by atoms with Crippen molar-refractivity contribution in [3.05, 3.63) is 28.8 Å². The van der Waals surface area contributed by atoms with Gasteiger partial charge in [0.1, 0.15) is 0 Å². The van der Waals surface area contributed by atoms with E-state index < -0.39 is 10.0 Å². The topological polar surface area (TPSA) is 69.7 Å². The van der Waals surface area contributed by atoms with Gasteiger partial charge in [-0.25, -0.2) is 12.7 Å². The molecule has 1 aliphatic rings. The molecular weight excluding hydrogens is 386 g/mol. The highest BCUT2D eigenvalue weighted by molar-refractivity contribution is 7.89. The number of likely N-dealkylation sites (tertiary alicyclic amines) is 1. The second-order valence-electron chi connectivity index (χ2n) is 7.27. The van der Waals surface area contributed by atoms with E-state index in [1.165, 1.54) is 51.6 Å². The Morgan fingerprint density at radius 1 is 1.30 bits per heavy atom. The fourth-order valence-corrected chi connectivity index (χ4v) is 4.41. The first-order valence-corrected chi connectivity index (χ1v) is 11.3. The molecule has 0 spiro atoms. The minimum absolute atomic E-state index is 0.0566. The van der Waals surface area contributed by atoms with Gasteiger partial charge in [0, 0.05) is 26.7 Å². The average Bonchev–Trinajstić information content (AvgIpc) is 2.62. The number of rotatable bonds is 8. The molecule has 27 heavy (non-hydrogen) atoms. The maximum absolute atomic E-state index is 12.4. The number of amides is 1. The van der Waals surface area contributed by atoms with E-state index in [1.54, 1.807) is 0 Å². The third kappa shape index (κ3) is 5.91. The van der Waals surface area contributed by atoms with E-state index in [-0.39, 0.29) is 21.4 Å². The zero-order chi connectivity index (χ0) is 20.0. The number of piperidine rings is 1. The Bertz CT molecular complexity index is 753. The van der Waals surface area contributed by atoms with Gasteiger partial charge in [-0.2, -0.15) is 0 Å². The molecule has 1 atom stereocenters. The maximum atomic E-state index is 12.4. The first-order chi connectivity index (χ1) is 12.7. The Balaban J connectivity index is 1.87. The monoisotopic (exact) mass is 415 g/mol. The summed E-state index contributed by atoms with van der Waals surface area (Å²) in [4.78, 5) is 15.0. The van der Waals surface area contributed by atoms with Crippen LogP contribution in [0, 0.1) is 0 Å². The largest absolute Gasteiger partial charge is 0.352 e. The molecule has 1 aromatic carbocycles. The van der Waals surface area contributed by atoms with Crippen LogP contribution in [0.3, 0.4) is 0 Å². The molecule has 0 saturated carbocycles. The molecule has 1 aliphatic heterocycles. The number of nitrogens with zero attached hydrogens (tertiary/aromatic N) is 2. The van der Waals surface area contributed by atoms with E-state index in [0.717, 1.165) is 30.2 Å². The zero-order valence-electron chi connectivity index (χ0n) is 16.4. The van der Waals surface area contributed by atoms with Crippen molar-refractivity contribution < 1.29 is 13.2 Å². The fraction of sp³-hybridized carbons (Fsp3) is 0.632. The Hall–Kier alpha value is -1.15. The second kappa shape index (κ2) is 9.87. The Kier molecular flexibility index (Phi) is 8.09. The summed E-state index contributed by atoms with van der Waals surface area (Å²) < 4.78 is 25.6. The Labute approximate surface area is 167 Å². The molecule has 1 heterocycles. The molecule has 6 nitrogen and oxygen atoms in total. The van der Waals surface area contributed by atoms with Gasteiger partial charge < -0.3 is 10.2 Å². The van der Waals surface area contributed by atoms with E-state index >= 15 is 0 Å². The van der Waals surface area contributed by atoms with Crippen LogP contribution in [0.5, 0.6) is 0 Å². The second-order valence-corrected chi connectivity index (χ2v) is 9.83. The summed E-state index contributed by atoms with van der Waals surface area (Å²) in [6.07, 6.45) is 5.75. The van der Waals surface area contributed by atoms with Crippen molar-refractivity contribution in [2.24, 2.45) is 0 Å². The number of carbonyl (C=O) groups is 1. The number of carbonyl (C=O) groups excluding carboxylic acids is 1. The third-order valence-electron chi connectivity index (χ3n) is 5.06. The summed E-state index contributed by atoms with van der Waals surface area (Å²) in [6.45, 7) is 5.03. The Morgan fingerprint density at radius 3 is 2.70 bits per heavy atom. The maximum Gasteiger partial charge on any atom is 0.252 e. The van der Waals surface area contributed by atoms with Gasteiger partial charge in [-0.3, -0.25) is 4.79 Å². The van der Waals surface area contributed by atoms with Crippen molar-refractivity contribution >= 4 is 27.5 Å². The van der Waals surface area contributed by atoms with Crippen molar-refractivity contribution in [1.82, 2.24) is 14.5 Å². The lowest BCUT2D eigenvalue weighted by molar-refractivity contribution is 0.0951. The van der Waals surface area contributed by atoms with Gasteiger partial charge in [0.15, 0.2) is 0 Å². The van der Waals surface area contributed by atoms with Gasteiger partial charge in [-0.05, 0) is 63.9 Å². The smallest absolute Gasteiger partial charge is 0.252 e. The van der Waals surface area contributed by atoms with Gasteiger partial charge in [0.25, 0.3) is 5.91 Å². The number of hydrogen-bond acceptors (Lipinski definition) is 4. The van der Waals surface area contributed by atoms with Crippen molar-refractivity contribution in [3.8, 4) is 0 Å². The number of unbranched alkanes of at least 4 members (excludes halogenated alkanes) is 1. The number of hydrogen-bond donors (Lipinski definition) is 1. The predicted molar refractivity (Wildman–Crippen MR) is 109 cm³/mol. The predicted octanol–water partition coefficient (Wildman–Crippen LogP) is 2.97. The van der Waals surface area contributed by atoms with E-state index in [4.69, 9.17) is 11.6 Å². The van der Waals surface area contributed by atoms with E-state index in [0.29, 0.717) is 12.6 Å². The molecule has 1 aromatic rings. The van der Waals surface area contributed by atoms with Crippen LogP contribution in [0.1, 0.15) is 49.4 Å². The summed E-state index contributed by atoms with van der Waals surface area (Å²) in [5.41, 5.74) is 0.184. The first-order valence-electron chi connectivity index (χ1n) is 9.48. The summed E-state index contributed by atoms with van der Waals surface area (Å²) in [5, 5.41) is 3.09. The highest BCUT2D eigenvalue weighted by Crippen LogP contribution is 2.22. The lowest BCUT2D eigenvalue weighted by Crippen LogP contribution is -2.38. The van der Waals surface area contributed by atoms with Gasteiger partial charge in [0.2, 0.25) is 10.0 Å². The molecule has 0 radical (unpaired) electrons. The number of benzene rings is 1. The molecular formula is C19H30ClN3O3S. The van der Waals surface area contributed by atoms with Crippen molar-refractivity contribution in [1.29, 1.82) is 0 Å². The fourth-order valence-electron chi connectivity index (χ4n) is 3.28. The van der Waals surface area contributed by atoms with Gasteiger partial charge >= 0.3 is 0 Å². The molecule has 2 rings (SSSR count). The van der Waals surface area contributed by atoms with Gasteiger partial charge in [-0.15, -0.1) is 0 Å². The quantitative estimate of drug-likeness (QED) is 0.662. The van der Waals surface area contributed by atoms with E-state index in [1.807, 2.05) is 0 Å². The standard InChI is InChI=1S/C19H30ClN3O3S/c1-15-8-4-6-12-23(15)13-7-5-11-21-19(24)17-14-16(9-10-18(17)20)27(25,26)22(2)3/h9-10,14-15H,4-8,11-13H2,1-3H3,(H,21,24). The van der Waals surface area contributed by atoms with Crippen LogP contribution in [0.2, 0.25) is 5.02 Å². The highest BCUT2D eigenvalue weighted by atomic mass is 35.5. The summed E-state index contributed by atoms with van der Waals surface area (Å²) in [6, 6.07) is 4.84. The van der Waals surface area contributed by atoms with Crippen LogP contribution in [0.15, 0.2) is 23.1 Å². The summed E-state index contributed by atoms with van der Waals surface area (Å²) >= 11 is 6.10. The molecule has 0 aliphatic carbocycles.